The zero-order chi connectivity index (χ0) is 44.7. The van der Waals surface area contributed by atoms with Crippen molar-refractivity contribution in [1.82, 2.24) is 0 Å². The van der Waals surface area contributed by atoms with Gasteiger partial charge >= 0.3 is 0 Å². The van der Waals surface area contributed by atoms with E-state index >= 15 is 0 Å². The van der Waals surface area contributed by atoms with E-state index in [1.807, 2.05) is 0 Å². The number of benzene rings is 11. The minimum Gasteiger partial charge on any atom is -0.0836 e. The van der Waals surface area contributed by atoms with E-state index < -0.39 is 0 Å². The first kappa shape index (κ1) is 38.9. The zero-order valence-electron chi connectivity index (χ0n) is 37.7. The average Bonchev–Trinajstić information content (AvgIpc) is 3.41. The second-order valence-electron chi connectivity index (χ2n) is 19.0. The molecule has 0 nitrogen and oxygen atoms in total. The first-order valence-corrected chi connectivity index (χ1v) is 24.2. The molecule has 11 aromatic rings. The van der Waals surface area contributed by atoms with Gasteiger partial charge in [0.05, 0.1) is 0 Å². The first-order valence-electron chi connectivity index (χ1n) is 24.2. The van der Waals surface area contributed by atoms with Crippen molar-refractivity contribution in [3.8, 4) is 44.5 Å². The highest BCUT2D eigenvalue weighted by Crippen LogP contribution is 2.51. The van der Waals surface area contributed by atoms with Crippen molar-refractivity contribution in [2.24, 2.45) is 5.92 Å². The Morgan fingerprint density at radius 2 is 1.00 bits per heavy atom. The number of hydrogen-bond acceptors (Lipinski definition) is 0. The Labute approximate surface area is 397 Å². The summed E-state index contributed by atoms with van der Waals surface area (Å²) in [5, 5.41) is 12.6. The predicted octanol–water partition coefficient (Wildman–Crippen LogP) is 18.5. The van der Waals surface area contributed by atoms with Crippen LogP contribution in [0, 0.1) is 5.92 Å². The SMILES string of the molecule is C1=CC2C(c3ccc4c(-c5ccc6c(c5)C=CCC6)c5cc(-c6cc7ccccc7c7ccccc67)ccc5c(-c5ccccc5-c5ccc6ccccc6c5)c4c3)=Cc3ccccc3C2C=C1. The summed E-state index contributed by atoms with van der Waals surface area (Å²) in [6.45, 7) is 0. The monoisotopic (exact) mass is 862 g/mol. The second kappa shape index (κ2) is 15.7. The van der Waals surface area contributed by atoms with E-state index in [1.54, 1.807) is 0 Å². The van der Waals surface area contributed by atoms with Crippen LogP contribution in [0.25, 0.3) is 116 Å². The van der Waals surface area contributed by atoms with Crippen molar-refractivity contribution in [3.63, 3.8) is 0 Å². The van der Waals surface area contributed by atoms with Gasteiger partial charge in [0.25, 0.3) is 0 Å². The number of rotatable bonds is 5. The molecule has 14 rings (SSSR count). The maximum absolute atomic E-state index is 2.54. The van der Waals surface area contributed by atoms with Gasteiger partial charge in [0.2, 0.25) is 0 Å². The van der Waals surface area contributed by atoms with E-state index in [9.17, 15) is 0 Å². The third kappa shape index (κ3) is 6.21. The molecule has 0 spiro atoms. The highest BCUT2D eigenvalue weighted by atomic mass is 14.3. The van der Waals surface area contributed by atoms with Gasteiger partial charge in [-0.2, -0.15) is 0 Å². The lowest BCUT2D eigenvalue weighted by atomic mass is 9.71. The van der Waals surface area contributed by atoms with Gasteiger partial charge in [0.15, 0.2) is 0 Å². The van der Waals surface area contributed by atoms with E-state index in [-0.39, 0.29) is 5.92 Å². The lowest BCUT2D eigenvalue weighted by Crippen LogP contribution is -2.17. The molecule has 2 atom stereocenters. The summed E-state index contributed by atoms with van der Waals surface area (Å²) >= 11 is 0. The molecule has 0 bridgehead atoms. The van der Waals surface area contributed by atoms with Gasteiger partial charge in [0, 0.05) is 11.8 Å². The van der Waals surface area contributed by atoms with Crippen LogP contribution in [-0.4, -0.2) is 0 Å². The molecule has 0 radical (unpaired) electrons. The van der Waals surface area contributed by atoms with Gasteiger partial charge in [-0.25, -0.2) is 0 Å². The normalized spacial score (nSPS) is 16.0. The van der Waals surface area contributed by atoms with Crippen LogP contribution in [0.15, 0.2) is 231 Å². The summed E-state index contributed by atoms with van der Waals surface area (Å²) < 4.78 is 0. The summed E-state index contributed by atoms with van der Waals surface area (Å²) in [6, 6.07) is 75.9. The van der Waals surface area contributed by atoms with E-state index in [1.165, 1.54) is 132 Å². The van der Waals surface area contributed by atoms with Gasteiger partial charge in [-0.1, -0.05) is 212 Å². The Kier molecular flexibility index (Phi) is 8.95. The van der Waals surface area contributed by atoms with E-state index in [4.69, 9.17) is 0 Å². The van der Waals surface area contributed by atoms with Crippen LogP contribution in [-0.2, 0) is 6.42 Å². The Morgan fingerprint density at radius 3 is 1.90 bits per heavy atom. The molecule has 0 heteroatoms. The average molecular weight is 863 g/mol. The van der Waals surface area contributed by atoms with Crippen molar-refractivity contribution in [2.45, 2.75) is 18.8 Å². The zero-order valence-corrected chi connectivity index (χ0v) is 37.7. The second-order valence-corrected chi connectivity index (χ2v) is 19.0. The van der Waals surface area contributed by atoms with Crippen LogP contribution in [0.4, 0.5) is 0 Å². The van der Waals surface area contributed by atoms with E-state index in [2.05, 4.69) is 243 Å². The lowest BCUT2D eigenvalue weighted by Gasteiger charge is -2.33. The fraction of sp³-hybridized carbons (Fsp3) is 0.0588. The molecule has 0 saturated heterocycles. The molecule has 318 valence electrons. The van der Waals surface area contributed by atoms with Gasteiger partial charge in [0.1, 0.15) is 0 Å². The summed E-state index contributed by atoms with van der Waals surface area (Å²) in [7, 11) is 0. The summed E-state index contributed by atoms with van der Waals surface area (Å²) in [4.78, 5) is 0. The Hall–Kier alpha value is -8.32. The van der Waals surface area contributed by atoms with Crippen LogP contribution >= 0.6 is 0 Å². The molecule has 0 aromatic heterocycles. The van der Waals surface area contributed by atoms with E-state index in [0.29, 0.717) is 5.92 Å². The Balaban J connectivity index is 1.11. The van der Waals surface area contributed by atoms with Crippen molar-refractivity contribution in [3.05, 3.63) is 258 Å². The molecular formula is C68H46. The highest BCUT2D eigenvalue weighted by molar-refractivity contribution is 6.24. The molecule has 0 aliphatic heterocycles. The Morgan fingerprint density at radius 1 is 0.353 bits per heavy atom. The topological polar surface area (TPSA) is 0 Å². The third-order valence-corrected chi connectivity index (χ3v) is 15.3. The molecule has 0 amide bonds. The molecule has 2 unspecified atom stereocenters. The van der Waals surface area contributed by atoms with Gasteiger partial charge in [-0.15, -0.1) is 0 Å². The molecule has 11 aromatic carbocycles. The molecule has 3 aliphatic carbocycles. The van der Waals surface area contributed by atoms with Gasteiger partial charge < -0.3 is 0 Å². The molecule has 68 heavy (non-hydrogen) atoms. The van der Waals surface area contributed by atoms with Crippen molar-refractivity contribution in [1.29, 1.82) is 0 Å². The lowest BCUT2D eigenvalue weighted by molar-refractivity contribution is 0.709. The summed E-state index contributed by atoms with van der Waals surface area (Å²) in [5.41, 5.74) is 18.0. The van der Waals surface area contributed by atoms with Crippen LogP contribution < -0.4 is 0 Å². The number of aryl methyl sites for hydroxylation is 1. The fourth-order valence-corrected chi connectivity index (χ4v) is 12.0. The smallest absolute Gasteiger partial charge is 0.0131 e. The predicted molar refractivity (Wildman–Crippen MR) is 292 cm³/mol. The van der Waals surface area contributed by atoms with Crippen molar-refractivity contribution >= 4 is 71.6 Å². The molecule has 0 fully saturated rings. The van der Waals surface area contributed by atoms with Crippen LogP contribution in [0.1, 0.15) is 40.2 Å². The van der Waals surface area contributed by atoms with Crippen molar-refractivity contribution < 1.29 is 0 Å². The van der Waals surface area contributed by atoms with E-state index in [0.717, 1.165) is 12.8 Å². The molecular weight excluding hydrogens is 817 g/mol. The van der Waals surface area contributed by atoms with Gasteiger partial charge in [-0.05, 0) is 175 Å². The van der Waals surface area contributed by atoms with Crippen molar-refractivity contribution in [2.75, 3.05) is 0 Å². The summed E-state index contributed by atoms with van der Waals surface area (Å²) in [6.07, 6.45) is 18.6. The van der Waals surface area contributed by atoms with Gasteiger partial charge in [-0.3, -0.25) is 0 Å². The third-order valence-electron chi connectivity index (χ3n) is 15.3. The van der Waals surface area contributed by atoms with Crippen LogP contribution in [0.5, 0.6) is 0 Å². The number of allylic oxidation sites excluding steroid dienone is 6. The van der Waals surface area contributed by atoms with Crippen LogP contribution in [0.3, 0.4) is 0 Å². The first-order chi connectivity index (χ1) is 33.7. The maximum atomic E-state index is 2.54. The van der Waals surface area contributed by atoms with Crippen LogP contribution in [0.2, 0.25) is 0 Å². The standard InChI is InChI=1S/C68H46/c1-3-17-45-37-49(31-29-43(45)15-1)55-23-9-14-28-60(55)68-62-36-34-50(63-39-47-19-5-7-21-53(47)56-24-10-12-26-58(56)63)41-65(62)67(52-32-30-44-16-2-4-18-46(44)38-52)61-35-33-51(42-66(61)68)64-40-48-20-6-8-22-54(48)57-25-11-13-27-59(57)64/h1,3-15,17-42,57,59H,2,16H2. The molecule has 0 N–H and O–H groups in total. The minimum atomic E-state index is 0.243. The number of hydrogen-bond donors (Lipinski definition) is 0. The molecule has 3 aliphatic rings. The number of fused-ring (bicyclic) bond motifs is 10. The largest absolute Gasteiger partial charge is 0.0836 e. The highest BCUT2D eigenvalue weighted by Gasteiger charge is 2.31. The molecule has 0 heterocycles. The quantitative estimate of drug-likeness (QED) is 0.119. The molecule has 0 saturated carbocycles. The Bertz CT molecular complexity index is 4040. The summed E-state index contributed by atoms with van der Waals surface area (Å²) in [5.74, 6) is 0.535. The maximum Gasteiger partial charge on any atom is 0.0131 e. The minimum absolute atomic E-state index is 0.243. The fourth-order valence-electron chi connectivity index (χ4n) is 12.0.